The first kappa shape index (κ1) is 18.4. The highest BCUT2D eigenvalue weighted by Gasteiger charge is 2.19. The van der Waals surface area contributed by atoms with Gasteiger partial charge in [-0.15, -0.1) is 24.8 Å². The maximum atomic E-state index is 5.90. The molecule has 0 radical (unpaired) electrons. The molecule has 1 aliphatic heterocycles. The van der Waals surface area contributed by atoms with Crippen LogP contribution in [0, 0.1) is 6.92 Å². The Morgan fingerprint density at radius 3 is 2.05 bits per heavy atom. The molecule has 2 N–H and O–H groups in total. The Labute approximate surface area is 129 Å². The molecule has 1 heterocycles. The van der Waals surface area contributed by atoms with Crippen LogP contribution in [0.2, 0.25) is 0 Å². The van der Waals surface area contributed by atoms with Crippen molar-refractivity contribution in [2.45, 2.75) is 26.8 Å². The predicted octanol–water partition coefficient (Wildman–Crippen LogP) is 2.95. The van der Waals surface area contributed by atoms with Crippen molar-refractivity contribution >= 4 is 36.2 Å². The third kappa shape index (κ3) is 4.75. The minimum absolute atomic E-state index is 0. The summed E-state index contributed by atoms with van der Waals surface area (Å²) < 4.78 is 0. The Hall–Kier alpha value is -0.640. The molecule has 0 bridgehead atoms. The molecule has 0 unspecified atom stereocenters. The van der Waals surface area contributed by atoms with Crippen LogP contribution in [-0.2, 0) is 0 Å². The highest BCUT2D eigenvalue weighted by Crippen LogP contribution is 2.22. The second kappa shape index (κ2) is 7.83. The van der Waals surface area contributed by atoms with Crippen molar-refractivity contribution in [3.8, 4) is 0 Å². The summed E-state index contributed by atoms with van der Waals surface area (Å²) in [5.41, 5.74) is 9.28. The molecular weight excluding hydrogens is 281 g/mol. The number of rotatable bonds is 2. The van der Waals surface area contributed by atoms with Crippen molar-refractivity contribution in [2.75, 3.05) is 36.8 Å². The topological polar surface area (TPSA) is 32.5 Å². The fourth-order valence-corrected chi connectivity index (χ4v) is 2.47. The molecule has 3 nitrogen and oxygen atoms in total. The van der Waals surface area contributed by atoms with Gasteiger partial charge in [-0.2, -0.15) is 0 Å². The van der Waals surface area contributed by atoms with Gasteiger partial charge in [0.05, 0.1) is 0 Å². The van der Waals surface area contributed by atoms with E-state index < -0.39 is 0 Å². The van der Waals surface area contributed by atoms with Crippen molar-refractivity contribution in [1.29, 1.82) is 0 Å². The minimum Gasteiger partial charge on any atom is -0.399 e. The van der Waals surface area contributed by atoms with Gasteiger partial charge in [0, 0.05) is 43.6 Å². The second-order valence-electron chi connectivity index (χ2n) is 5.22. The van der Waals surface area contributed by atoms with Gasteiger partial charge in [0.25, 0.3) is 0 Å². The zero-order valence-corrected chi connectivity index (χ0v) is 13.6. The largest absolute Gasteiger partial charge is 0.399 e. The van der Waals surface area contributed by atoms with Gasteiger partial charge in [-0.1, -0.05) is 0 Å². The third-order valence-corrected chi connectivity index (χ3v) is 3.49. The lowest BCUT2D eigenvalue weighted by Gasteiger charge is -2.38. The SMILES string of the molecule is Cc1cc(N)cc(N2CCN(C(C)C)CC2)c1.Cl.Cl. The fraction of sp³-hybridized carbons (Fsp3) is 0.571. The number of nitrogen functional groups attached to an aromatic ring is 1. The maximum absolute atomic E-state index is 5.90. The molecule has 0 aliphatic carbocycles. The normalized spacial score (nSPS) is 15.9. The number of hydrogen-bond acceptors (Lipinski definition) is 3. The van der Waals surface area contributed by atoms with Crippen molar-refractivity contribution in [3.63, 3.8) is 0 Å². The van der Waals surface area contributed by atoms with Gasteiger partial charge in [-0.25, -0.2) is 0 Å². The lowest BCUT2D eigenvalue weighted by molar-refractivity contribution is 0.209. The molecule has 1 aliphatic rings. The molecule has 0 spiro atoms. The van der Waals surface area contributed by atoms with Crippen LogP contribution in [0.25, 0.3) is 0 Å². The number of piperazine rings is 1. The van der Waals surface area contributed by atoms with Crippen LogP contribution < -0.4 is 10.6 Å². The molecule has 1 aromatic rings. The molecule has 5 heteroatoms. The Morgan fingerprint density at radius 1 is 1.00 bits per heavy atom. The first-order valence-corrected chi connectivity index (χ1v) is 6.42. The Balaban J connectivity index is 0.00000162. The van der Waals surface area contributed by atoms with Crippen LogP contribution >= 0.6 is 24.8 Å². The number of aryl methyl sites for hydroxylation is 1. The van der Waals surface area contributed by atoms with Crippen LogP contribution in [0.5, 0.6) is 0 Å². The molecule has 1 fully saturated rings. The first-order chi connectivity index (χ1) is 8.06. The Kier molecular flexibility index (Phi) is 7.57. The van der Waals surface area contributed by atoms with Crippen LogP contribution in [-0.4, -0.2) is 37.1 Å². The number of nitrogens with zero attached hydrogens (tertiary/aromatic N) is 2. The van der Waals surface area contributed by atoms with E-state index in [1.807, 2.05) is 6.07 Å². The highest BCUT2D eigenvalue weighted by molar-refractivity contribution is 5.85. The van der Waals surface area contributed by atoms with Crippen molar-refractivity contribution in [1.82, 2.24) is 4.90 Å². The fourth-order valence-electron chi connectivity index (χ4n) is 2.47. The molecule has 19 heavy (non-hydrogen) atoms. The number of benzene rings is 1. The van der Waals surface area contributed by atoms with E-state index in [1.54, 1.807) is 0 Å². The standard InChI is InChI=1S/C14H23N3.2ClH/c1-11(2)16-4-6-17(7-5-16)14-9-12(3)8-13(15)10-14;;/h8-11H,4-7,15H2,1-3H3;2*1H. The average molecular weight is 306 g/mol. The van der Waals surface area contributed by atoms with Gasteiger partial charge in [-0.3, -0.25) is 4.90 Å². The van der Waals surface area contributed by atoms with Crippen molar-refractivity contribution < 1.29 is 0 Å². The van der Waals surface area contributed by atoms with E-state index in [2.05, 4.69) is 42.7 Å². The van der Waals surface area contributed by atoms with Crippen LogP contribution in [0.4, 0.5) is 11.4 Å². The lowest BCUT2D eigenvalue weighted by Crippen LogP contribution is -2.48. The van der Waals surface area contributed by atoms with E-state index in [9.17, 15) is 0 Å². The number of hydrogen-bond donors (Lipinski definition) is 1. The van der Waals surface area contributed by atoms with Gasteiger partial charge in [0.2, 0.25) is 0 Å². The Morgan fingerprint density at radius 2 is 1.58 bits per heavy atom. The number of nitrogens with two attached hydrogens (primary N) is 1. The van der Waals surface area contributed by atoms with E-state index in [0.717, 1.165) is 31.9 Å². The predicted molar refractivity (Wildman–Crippen MR) is 89.0 cm³/mol. The van der Waals surface area contributed by atoms with Crippen LogP contribution in [0.3, 0.4) is 0 Å². The quantitative estimate of drug-likeness (QED) is 0.853. The maximum Gasteiger partial charge on any atom is 0.0390 e. The summed E-state index contributed by atoms with van der Waals surface area (Å²) in [7, 11) is 0. The van der Waals surface area contributed by atoms with Crippen LogP contribution in [0.15, 0.2) is 18.2 Å². The van der Waals surface area contributed by atoms with Crippen LogP contribution in [0.1, 0.15) is 19.4 Å². The molecule has 1 saturated heterocycles. The van der Waals surface area contributed by atoms with E-state index in [-0.39, 0.29) is 24.8 Å². The summed E-state index contributed by atoms with van der Waals surface area (Å²) in [5.74, 6) is 0. The second-order valence-corrected chi connectivity index (χ2v) is 5.22. The summed E-state index contributed by atoms with van der Waals surface area (Å²) in [6.45, 7) is 11.1. The summed E-state index contributed by atoms with van der Waals surface area (Å²) in [5, 5.41) is 0. The van der Waals surface area contributed by atoms with E-state index in [0.29, 0.717) is 6.04 Å². The zero-order chi connectivity index (χ0) is 12.4. The van der Waals surface area contributed by atoms with Gasteiger partial charge in [0.1, 0.15) is 0 Å². The number of halogens is 2. The lowest BCUT2D eigenvalue weighted by atomic mass is 10.1. The smallest absolute Gasteiger partial charge is 0.0390 e. The molecule has 1 aromatic carbocycles. The van der Waals surface area contributed by atoms with Gasteiger partial charge < -0.3 is 10.6 Å². The summed E-state index contributed by atoms with van der Waals surface area (Å²) in [6.07, 6.45) is 0. The summed E-state index contributed by atoms with van der Waals surface area (Å²) >= 11 is 0. The van der Waals surface area contributed by atoms with Gasteiger partial charge in [0.15, 0.2) is 0 Å². The van der Waals surface area contributed by atoms with E-state index >= 15 is 0 Å². The van der Waals surface area contributed by atoms with Crippen molar-refractivity contribution in [3.05, 3.63) is 23.8 Å². The first-order valence-electron chi connectivity index (χ1n) is 6.42. The molecule has 0 aromatic heterocycles. The summed E-state index contributed by atoms with van der Waals surface area (Å²) in [6, 6.07) is 6.98. The molecule has 110 valence electrons. The molecule has 0 saturated carbocycles. The Bertz CT molecular complexity index is 368. The minimum atomic E-state index is 0. The monoisotopic (exact) mass is 305 g/mol. The average Bonchev–Trinajstić information content (AvgIpc) is 2.28. The molecule has 0 amide bonds. The third-order valence-electron chi connectivity index (χ3n) is 3.49. The van der Waals surface area contributed by atoms with Gasteiger partial charge in [-0.05, 0) is 44.5 Å². The zero-order valence-electron chi connectivity index (χ0n) is 11.9. The van der Waals surface area contributed by atoms with Crippen molar-refractivity contribution in [2.24, 2.45) is 0 Å². The van der Waals surface area contributed by atoms with E-state index in [4.69, 9.17) is 5.73 Å². The molecule has 0 atom stereocenters. The highest BCUT2D eigenvalue weighted by atomic mass is 35.5. The molecular formula is C14H25Cl2N3. The van der Waals surface area contributed by atoms with Gasteiger partial charge >= 0.3 is 0 Å². The number of anilines is 2. The van der Waals surface area contributed by atoms with E-state index in [1.165, 1.54) is 11.3 Å². The summed E-state index contributed by atoms with van der Waals surface area (Å²) in [4.78, 5) is 4.96. The molecule has 2 rings (SSSR count).